The molecule has 1 aliphatic heterocycles. The highest BCUT2D eigenvalue weighted by Gasteiger charge is 2.20. The fourth-order valence-electron chi connectivity index (χ4n) is 3.65. The summed E-state index contributed by atoms with van der Waals surface area (Å²) in [5, 5.41) is 0. The van der Waals surface area contributed by atoms with E-state index in [2.05, 4.69) is 13.8 Å². The molecule has 0 saturated carbocycles. The number of rotatable bonds is 18. The fraction of sp³-hybridized carbons (Fsp3) is 1.00. The van der Waals surface area contributed by atoms with E-state index in [1.54, 1.807) is 0 Å². The van der Waals surface area contributed by atoms with Gasteiger partial charge >= 0.3 is 0 Å². The molecule has 1 N–H and O–H groups in total. The minimum absolute atomic E-state index is 0. The molecular formula is C21H44ClNO. The van der Waals surface area contributed by atoms with Crippen molar-refractivity contribution in [2.45, 2.75) is 110 Å². The van der Waals surface area contributed by atoms with Crippen LogP contribution in [-0.4, -0.2) is 32.3 Å². The van der Waals surface area contributed by atoms with Gasteiger partial charge in [0.1, 0.15) is 0 Å². The van der Waals surface area contributed by atoms with Gasteiger partial charge in [0.05, 0.1) is 32.3 Å². The summed E-state index contributed by atoms with van der Waals surface area (Å²) in [6.45, 7) is 9.83. The van der Waals surface area contributed by atoms with Gasteiger partial charge in [-0.1, -0.05) is 71.6 Å². The van der Waals surface area contributed by atoms with Crippen LogP contribution in [0.25, 0.3) is 0 Å². The van der Waals surface area contributed by atoms with Gasteiger partial charge in [-0.05, 0) is 32.1 Å². The zero-order chi connectivity index (χ0) is 16.6. The summed E-state index contributed by atoms with van der Waals surface area (Å²) in [4.78, 5) is 1.84. The van der Waals surface area contributed by atoms with E-state index in [1.165, 1.54) is 110 Å². The molecule has 1 aliphatic rings. The van der Waals surface area contributed by atoms with E-state index in [1.807, 2.05) is 4.90 Å². The molecule has 0 aromatic carbocycles. The second-order valence-electron chi connectivity index (χ2n) is 7.63. The second-order valence-corrected chi connectivity index (χ2v) is 7.63. The van der Waals surface area contributed by atoms with Gasteiger partial charge in [0.15, 0.2) is 0 Å². The summed E-state index contributed by atoms with van der Waals surface area (Å²) < 4.78 is 5.24. The van der Waals surface area contributed by atoms with E-state index in [0.717, 1.165) is 6.61 Å². The number of hydrogen-bond donors (Lipinski definition) is 1. The summed E-state index contributed by atoms with van der Waals surface area (Å²) in [6, 6.07) is 0. The molecule has 1 saturated heterocycles. The van der Waals surface area contributed by atoms with Crippen molar-refractivity contribution in [3.63, 3.8) is 0 Å². The third kappa shape index (κ3) is 15.7. The number of ether oxygens (including phenoxy) is 1. The molecule has 0 amide bonds. The van der Waals surface area contributed by atoms with E-state index < -0.39 is 0 Å². The minimum atomic E-state index is 0. The first kappa shape index (κ1) is 24.2. The molecule has 1 unspecified atom stereocenters. The summed E-state index contributed by atoms with van der Waals surface area (Å²) in [5.74, 6) is 0. The maximum Gasteiger partial charge on any atom is 0.0810 e. The predicted octanol–water partition coefficient (Wildman–Crippen LogP) is 1.78. The van der Waals surface area contributed by atoms with E-state index in [-0.39, 0.29) is 12.4 Å². The van der Waals surface area contributed by atoms with Crippen LogP contribution in [0.15, 0.2) is 0 Å². The van der Waals surface area contributed by atoms with Crippen LogP contribution in [0.1, 0.15) is 104 Å². The Hall–Kier alpha value is 0.210. The lowest BCUT2D eigenvalue weighted by atomic mass is 10.0. The van der Waals surface area contributed by atoms with Crippen molar-refractivity contribution in [3.8, 4) is 0 Å². The molecule has 24 heavy (non-hydrogen) atoms. The Labute approximate surface area is 158 Å². The van der Waals surface area contributed by atoms with Crippen molar-refractivity contribution in [2.75, 3.05) is 26.2 Å². The predicted molar refractivity (Wildman–Crippen MR) is 101 cm³/mol. The highest BCUT2D eigenvalue weighted by molar-refractivity contribution is 4.68. The van der Waals surface area contributed by atoms with Crippen molar-refractivity contribution < 1.29 is 22.0 Å². The average Bonchev–Trinajstić information content (AvgIpc) is 3.36. The SMILES string of the molecule is CCC[NH+](CCC)CCCCCCCCCCCCCC1CO1.[Cl-]. The molecule has 0 spiro atoms. The first-order valence-electron chi connectivity index (χ1n) is 10.8. The molecule has 0 aromatic rings. The van der Waals surface area contributed by atoms with Gasteiger partial charge in [-0.3, -0.25) is 0 Å². The second kappa shape index (κ2) is 18.0. The number of hydrogen-bond acceptors (Lipinski definition) is 1. The molecule has 146 valence electrons. The Morgan fingerprint density at radius 1 is 0.667 bits per heavy atom. The van der Waals surface area contributed by atoms with Crippen LogP contribution in [0.2, 0.25) is 0 Å². The third-order valence-electron chi connectivity index (χ3n) is 5.17. The monoisotopic (exact) mass is 361 g/mol. The molecule has 1 heterocycles. The normalized spacial score (nSPS) is 16.4. The van der Waals surface area contributed by atoms with Gasteiger partial charge in [0, 0.05) is 0 Å². The Morgan fingerprint density at radius 2 is 1.08 bits per heavy atom. The van der Waals surface area contributed by atoms with E-state index >= 15 is 0 Å². The van der Waals surface area contributed by atoms with Crippen LogP contribution in [0, 0.1) is 0 Å². The Bertz CT molecular complexity index is 240. The first-order valence-corrected chi connectivity index (χ1v) is 10.8. The third-order valence-corrected chi connectivity index (χ3v) is 5.17. The maximum absolute atomic E-state index is 5.24. The average molecular weight is 362 g/mol. The highest BCUT2D eigenvalue weighted by Crippen LogP contribution is 2.18. The topological polar surface area (TPSA) is 17.0 Å². The minimum Gasteiger partial charge on any atom is -1.00 e. The maximum atomic E-state index is 5.24. The van der Waals surface area contributed by atoms with Crippen LogP contribution in [-0.2, 0) is 4.74 Å². The molecule has 1 rings (SSSR count). The number of nitrogens with one attached hydrogen (secondary N) is 1. The van der Waals surface area contributed by atoms with Crippen molar-refractivity contribution >= 4 is 0 Å². The van der Waals surface area contributed by atoms with Crippen LogP contribution >= 0.6 is 0 Å². The number of epoxide rings is 1. The van der Waals surface area contributed by atoms with Gasteiger partial charge in [-0.15, -0.1) is 0 Å². The van der Waals surface area contributed by atoms with Crippen molar-refractivity contribution in [1.29, 1.82) is 0 Å². The van der Waals surface area contributed by atoms with Gasteiger partial charge < -0.3 is 22.0 Å². The Morgan fingerprint density at radius 3 is 1.50 bits per heavy atom. The van der Waals surface area contributed by atoms with Gasteiger partial charge in [-0.2, -0.15) is 0 Å². The van der Waals surface area contributed by atoms with Crippen molar-refractivity contribution in [3.05, 3.63) is 0 Å². The lowest BCUT2D eigenvalue weighted by Gasteiger charge is -2.17. The smallest absolute Gasteiger partial charge is 0.0810 e. The molecule has 0 bridgehead atoms. The van der Waals surface area contributed by atoms with E-state index in [4.69, 9.17) is 4.74 Å². The van der Waals surface area contributed by atoms with Crippen molar-refractivity contribution in [1.82, 2.24) is 0 Å². The fourth-order valence-corrected chi connectivity index (χ4v) is 3.65. The quantitative estimate of drug-likeness (QED) is 0.291. The Kier molecular flexibility index (Phi) is 18.2. The zero-order valence-electron chi connectivity index (χ0n) is 16.6. The first-order chi connectivity index (χ1) is 11.4. The van der Waals surface area contributed by atoms with E-state index in [9.17, 15) is 0 Å². The molecule has 0 aromatic heterocycles. The number of unbranched alkanes of at least 4 members (excludes halogenated alkanes) is 10. The Balaban J connectivity index is 0.00000529. The van der Waals surface area contributed by atoms with Gasteiger partial charge in [0.2, 0.25) is 0 Å². The van der Waals surface area contributed by atoms with E-state index in [0.29, 0.717) is 6.10 Å². The summed E-state index contributed by atoms with van der Waals surface area (Å²) in [7, 11) is 0. The zero-order valence-corrected chi connectivity index (χ0v) is 17.3. The number of halogens is 1. The van der Waals surface area contributed by atoms with Crippen LogP contribution in [0.4, 0.5) is 0 Å². The number of quaternary nitrogens is 1. The molecule has 0 radical (unpaired) electrons. The lowest BCUT2D eigenvalue weighted by Crippen LogP contribution is -3.12. The highest BCUT2D eigenvalue weighted by atomic mass is 35.5. The standard InChI is InChI=1S/C21H43NO.ClH/c1-3-17-22(18-4-2)19-15-13-11-9-7-5-6-8-10-12-14-16-21-20-23-21;/h21H,3-20H2,1-2H3;1H. The van der Waals surface area contributed by atoms with Crippen LogP contribution in [0.5, 0.6) is 0 Å². The molecule has 2 nitrogen and oxygen atoms in total. The van der Waals surface area contributed by atoms with Crippen molar-refractivity contribution in [2.24, 2.45) is 0 Å². The summed E-state index contributed by atoms with van der Waals surface area (Å²) >= 11 is 0. The largest absolute Gasteiger partial charge is 1.00 e. The lowest BCUT2D eigenvalue weighted by molar-refractivity contribution is -0.900. The van der Waals surface area contributed by atoms with Gasteiger partial charge in [-0.25, -0.2) is 0 Å². The van der Waals surface area contributed by atoms with Crippen LogP contribution in [0.3, 0.4) is 0 Å². The van der Waals surface area contributed by atoms with Crippen LogP contribution < -0.4 is 17.3 Å². The molecule has 0 aliphatic carbocycles. The molecular weight excluding hydrogens is 318 g/mol. The van der Waals surface area contributed by atoms with Gasteiger partial charge in [0.25, 0.3) is 0 Å². The molecule has 1 fully saturated rings. The summed E-state index contributed by atoms with van der Waals surface area (Å²) in [6.07, 6.45) is 20.6. The molecule has 1 atom stereocenters. The summed E-state index contributed by atoms with van der Waals surface area (Å²) in [5.41, 5.74) is 0. The molecule has 3 heteroatoms.